The maximum atomic E-state index is 5.89. The van der Waals surface area contributed by atoms with Gasteiger partial charge in [0.25, 0.3) is 0 Å². The molecule has 0 N–H and O–H groups in total. The van der Waals surface area contributed by atoms with Crippen molar-refractivity contribution in [3.05, 3.63) is 28.8 Å². The number of halogens is 1. The van der Waals surface area contributed by atoms with Crippen molar-refractivity contribution in [2.24, 2.45) is 0 Å². The van der Waals surface area contributed by atoms with E-state index in [9.17, 15) is 0 Å². The molecule has 1 aromatic carbocycles. The Labute approximate surface area is 125 Å². The second-order valence-corrected chi connectivity index (χ2v) is 4.71. The maximum Gasteiger partial charge on any atom is 0.197 e. The fourth-order valence-electron chi connectivity index (χ4n) is 1.60. The Balaban J connectivity index is 2.15. The van der Waals surface area contributed by atoms with Gasteiger partial charge >= 0.3 is 0 Å². The summed E-state index contributed by atoms with van der Waals surface area (Å²) in [5.74, 6) is 0.777. The van der Waals surface area contributed by atoms with E-state index in [-0.39, 0.29) is 6.29 Å². The van der Waals surface area contributed by atoms with Crippen molar-refractivity contribution in [1.29, 1.82) is 0 Å². The van der Waals surface area contributed by atoms with Crippen LogP contribution in [-0.4, -0.2) is 39.3 Å². The first-order chi connectivity index (χ1) is 9.63. The standard InChI is InChI=1S/C15H23ClO4/c1-4-17-7-8-18-9-10-19-13(3)20-15-6-5-14(16)11-12(15)2/h5-6,11,13H,4,7-10H2,1-3H3/t13-/m0/s1. The number of hydrogen-bond donors (Lipinski definition) is 0. The van der Waals surface area contributed by atoms with Crippen LogP contribution in [0.5, 0.6) is 5.75 Å². The van der Waals surface area contributed by atoms with Gasteiger partial charge in [0.2, 0.25) is 0 Å². The van der Waals surface area contributed by atoms with Gasteiger partial charge in [-0.15, -0.1) is 0 Å². The molecule has 0 fully saturated rings. The van der Waals surface area contributed by atoms with Gasteiger partial charge in [0, 0.05) is 11.6 Å². The van der Waals surface area contributed by atoms with E-state index in [4.69, 9.17) is 30.5 Å². The minimum Gasteiger partial charge on any atom is -0.465 e. The van der Waals surface area contributed by atoms with Gasteiger partial charge < -0.3 is 18.9 Å². The lowest BCUT2D eigenvalue weighted by Crippen LogP contribution is -2.20. The lowest BCUT2D eigenvalue weighted by Gasteiger charge is -2.17. The minimum absolute atomic E-state index is 0.328. The van der Waals surface area contributed by atoms with Gasteiger partial charge in [-0.2, -0.15) is 0 Å². The monoisotopic (exact) mass is 302 g/mol. The van der Waals surface area contributed by atoms with E-state index in [2.05, 4.69) is 0 Å². The average Bonchev–Trinajstić information content (AvgIpc) is 2.41. The fourth-order valence-corrected chi connectivity index (χ4v) is 1.82. The third-order valence-corrected chi connectivity index (χ3v) is 2.82. The van der Waals surface area contributed by atoms with Crippen LogP contribution in [0.1, 0.15) is 19.4 Å². The molecule has 0 heterocycles. The summed E-state index contributed by atoms with van der Waals surface area (Å²) in [6.45, 7) is 8.70. The average molecular weight is 303 g/mol. The highest BCUT2D eigenvalue weighted by atomic mass is 35.5. The molecule has 0 radical (unpaired) electrons. The normalized spacial score (nSPS) is 12.4. The van der Waals surface area contributed by atoms with Crippen LogP contribution < -0.4 is 4.74 Å². The van der Waals surface area contributed by atoms with E-state index in [1.54, 1.807) is 6.07 Å². The molecule has 0 aliphatic rings. The highest BCUT2D eigenvalue weighted by molar-refractivity contribution is 6.30. The van der Waals surface area contributed by atoms with Crippen LogP contribution in [0, 0.1) is 6.92 Å². The van der Waals surface area contributed by atoms with Crippen molar-refractivity contribution < 1.29 is 18.9 Å². The third-order valence-electron chi connectivity index (χ3n) is 2.59. The van der Waals surface area contributed by atoms with Crippen molar-refractivity contribution in [3.8, 4) is 5.75 Å². The number of rotatable bonds is 10. The summed E-state index contributed by atoms with van der Waals surface area (Å²) in [6.07, 6.45) is -0.328. The zero-order chi connectivity index (χ0) is 14.8. The molecule has 1 rings (SSSR count). The van der Waals surface area contributed by atoms with Crippen LogP contribution in [-0.2, 0) is 14.2 Å². The van der Waals surface area contributed by atoms with E-state index in [0.29, 0.717) is 38.1 Å². The van der Waals surface area contributed by atoms with Crippen LogP contribution in [0.2, 0.25) is 5.02 Å². The summed E-state index contributed by atoms with van der Waals surface area (Å²) < 4.78 is 21.7. The Morgan fingerprint density at radius 2 is 1.80 bits per heavy atom. The quantitative estimate of drug-likeness (QED) is 0.490. The Hall–Kier alpha value is -0.810. The first kappa shape index (κ1) is 17.2. The molecular weight excluding hydrogens is 280 g/mol. The summed E-state index contributed by atoms with van der Waals surface area (Å²) in [4.78, 5) is 0. The molecule has 0 unspecified atom stereocenters. The second-order valence-electron chi connectivity index (χ2n) is 4.28. The zero-order valence-electron chi connectivity index (χ0n) is 12.4. The molecule has 0 aliphatic carbocycles. The topological polar surface area (TPSA) is 36.9 Å². The highest BCUT2D eigenvalue weighted by Gasteiger charge is 2.06. The molecule has 0 amide bonds. The summed E-state index contributed by atoms with van der Waals surface area (Å²) in [5.41, 5.74) is 0.987. The zero-order valence-corrected chi connectivity index (χ0v) is 13.1. The number of benzene rings is 1. The van der Waals surface area contributed by atoms with Crippen LogP contribution in [0.3, 0.4) is 0 Å². The molecule has 1 aromatic rings. The van der Waals surface area contributed by atoms with Gasteiger partial charge in [-0.05, 0) is 44.5 Å². The molecule has 4 nitrogen and oxygen atoms in total. The second kappa shape index (κ2) is 10.00. The van der Waals surface area contributed by atoms with E-state index in [1.165, 1.54) is 0 Å². The Morgan fingerprint density at radius 3 is 2.50 bits per heavy atom. The number of aryl methyl sites for hydroxylation is 1. The lowest BCUT2D eigenvalue weighted by atomic mass is 10.2. The van der Waals surface area contributed by atoms with Crippen molar-refractivity contribution in [3.63, 3.8) is 0 Å². The summed E-state index contributed by atoms with van der Waals surface area (Å²) in [6, 6.07) is 5.50. The molecule has 20 heavy (non-hydrogen) atoms. The molecule has 0 spiro atoms. The van der Waals surface area contributed by atoms with Crippen LogP contribution in [0.4, 0.5) is 0 Å². The van der Waals surface area contributed by atoms with Crippen LogP contribution in [0.15, 0.2) is 18.2 Å². The maximum absolute atomic E-state index is 5.89. The minimum atomic E-state index is -0.328. The molecular formula is C15H23ClO4. The molecule has 0 aromatic heterocycles. The van der Waals surface area contributed by atoms with E-state index < -0.39 is 0 Å². The van der Waals surface area contributed by atoms with E-state index in [1.807, 2.05) is 32.9 Å². The van der Waals surface area contributed by atoms with Crippen molar-refractivity contribution >= 4 is 11.6 Å². The van der Waals surface area contributed by atoms with Crippen molar-refractivity contribution in [1.82, 2.24) is 0 Å². The van der Waals surface area contributed by atoms with E-state index >= 15 is 0 Å². The lowest BCUT2D eigenvalue weighted by molar-refractivity contribution is -0.0861. The highest BCUT2D eigenvalue weighted by Crippen LogP contribution is 2.22. The Kier molecular flexibility index (Phi) is 8.62. The molecule has 0 saturated heterocycles. The largest absolute Gasteiger partial charge is 0.465 e. The van der Waals surface area contributed by atoms with Gasteiger partial charge in [0.1, 0.15) is 5.75 Å². The van der Waals surface area contributed by atoms with Gasteiger partial charge in [-0.25, -0.2) is 0 Å². The van der Waals surface area contributed by atoms with Crippen molar-refractivity contribution in [2.45, 2.75) is 27.1 Å². The van der Waals surface area contributed by atoms with Crippen LogP contribution >= 0.6 is 11.6 Å². The molecule has 0 saturated carbocycles. The molecule has 1 atom stereocenters. The fraction of sp³-hybridized carbons (Fsp3) is 0.600. The third kappa shape index (κ3) is 7.10. The predicted octanol–water partition coefficient (Wildman–Crippen LogP) is 3.44. The SMILES string of the molecule is CCOCCOCCO[C@H](C)Oc1ccc(Cl)cc1C. The molecule has 114 valence electrons. The number of ether oxygens (including phenoxy) is 4. The smallest absolute Gasteiger partial charge is 0.197 e. The van der Waals surface area contributed by atoms with E-state index in [0.717, 1.165) is 11.3 Å². The Morgan fingerprint density at radius 1 is 1.10 bits per heavy atom. The molecule has 0 aliphatic heterocycles. The molecule has 0 bridgehead atoms. The van der Waals surface area contributed by atoms with Gasteiger partial charge in [-0.1, -0.05) is 11.6 Å². The number of hydrogen-bond acceptors (Lipinski definition) is 4. The van der Waals surface area contributed by atoms with Crippen LogP contribution in [0.25, 0.3) is 0 Å². The summed E-state index contributed by atoms with van der Waals surface area (Å²) >= 11 is 5.89. The molecule has 5 heteroatoms. The first-order valence-electron chi connectivity index (χ1n) is 6.83. The summed E-state index contributed by atoms with van der Waals surface area (Å²) in [7, 11) is 0. The van der Waals surface area contributed by atoms with Gasteiger partial charge in [0.15, 0.2) is 6.29 Å². The van der Waals surface area contributed by atoms with Gasteiger partial charge in [0.05, 0.1) is 26.4 Å². The summed E-state index contributed by atoms with van der Waals surface area (Å²) in [5, 5.41) is 0.700. The van der Waals surface area contributed by atoms with Gasteiger partial charge in [-0.3, -0.25) is 0 Å². The first-order valence-corrected chi connectivity index (χ1v) is 7.21. The predicted molar refractivity (Wildman–Crippen MR) is 79.5 cm³/mol. The van der Waals surface area contributed by atoms with Crippen molar-refractivity contribution in [2.75, 3.05) is 33.0 Å². The Bertz CT molecular complexity index is 384.